The molecule has 2 atom stereocenters. The number of ether oxygens (including phenoxy) is 1. The van der Waals surface area contributed by atoms with Crippen molar-refractivity contribution in [2.75, 3.05) is 6.61 Å². The van der Waals surface area contributed by atoms with Gasteiger partial charge in [-0.2, -0.15) is 4.89 Å². The molecule has 1 saturated heterocycles. The van der Waals surface area contributed by atoms with Crippen LogP contribution < -0.4 is 0 Å². The van der Waals surface area contributed by atoms with Crippen molar-refractivity contribution in [1.82, 2.24) is 0 Å². The molecule has 5 heteroatoms. The predicted molar refractivity (Wildman–Crippen MR) is 57.6 cm³/mol. The molecule has 1 aromatic rings. The molecule has 1 unspecified atom stereocenters. The third-order valence-corrected chi connectivity index (χ3v) is 2.53. The summed E-state index contributed by atoms with van der Waals surface area (Å²) in [5.74, 6) is -2.82. The van der Waals surface area contributed by atoms with Gasteiger partial charge in [0.25, 0.3) is 0 Å². The summed E-state index contributed by atoms with van der Waals surface area (Å²) in [5.41, 5.74) is 0.840. The van der Waals surface area contributed by atoms with Gasteiger partial charge >= 0.3 is 11.8 Å². The highest BCUT2D eigenvalue weighted by Crippen LogP contribution is 2.36. The van der Waals surface area contributed by atoms with Gasteiger partial charge in [0.1, 0.15) is 6.10 Å². The zero-order valence-corrected chi connectivity index (χ0v) is 9.46. The van der Waals surface area contributed by atoms with E-state index in [-0.39, 0.29) is 13.0 Å². The van der Waals surface area contributed by atoms with E-state index in [9.17, 15) is 9.90 Å². The molecule has 0 radical (unpaired) electrons. The van der Waals surface area contributed by atoms with Crippen molar-refractivity contribution in [1.29, 1.82) is 0 Å². The van der Waals surface area contributed by atoms with Crippen LogP contribution in [0.2, 0.25) is 0 Å². The Morgan fingerprint density at radius 2 is 2.24 bits per heavy atom. The Morgan fingerprint density at radius 3 is 2.88 bits per heavy atom. The molecular weight excluding hydrogens is 224 g/mol. The standard InChI is InChI=1S/C12H14O5/c1-2-15-11(13)12(14)8-10(16-17-12)9-6-4-3-5-7-9/h3-7,10,14H,2,8H2,1H3/t10-,12?/m0/s1. The van der Waals surface area contributed by atoms with E-state index in [0.29, 0.717) is 0 Å². The second kappa shape index (κ2) is 4.83. The number of hydrogen-bond acceptors (Lipinski definition) is 5. The first-order chi connectivity index (χ1) is 8.15. The van der Waals surface area contributed by atoms with Gasteiger partial charge in [-0.3, -0.25) is 0 Å². The fraction of sp³-hybridized carbons (Fsp3) is 0.417. The lowest BCUT2D eigenvalue weighted by molar-refractivity contribution is -0.370. The van der Waals surface area contributed by atoms with Crippen molar-refractivity contribution < 1.29 is 24.4 Å². The van der Waals surface area contributed by atoms with Gasteiger partial charge in [0.2, 0.25) is 0 Å². The van der Waals surface area contributed by atoms with Crippen molar-refractivity contribution in [3.8, 4) is 0 Å². The molecule has 0 aromatic heterocycles. The maximum atomic E-state index is 11.5. The van der Waals surface area contributed by atoms with Gasteiger partial charge in [0.05, 0.1) is 6.61 Å². The summed E-state index contributed by atoms with van der Waals surface area (Å²) < 4.78 is 4.72. The SMILES string of the molecule is CCOC(=O)C1(O)C[C@@H](c2ccccc2)OO1. The highest BCUT2D eigenvalue weighted by molar-refractivity contribution is 5.77. The quantitative estimate of drug-likeness (QED) is 0.635. The largest absolute Gasteiger partial charge is 0.462 e. The van der Waals surface area contributed by atoms with Crippen LogP contribution in [0.4, 0.5) is 0 Å². The second-order valence-corrected chi connectivity index (χ2v) is 3.79. The number of rotatable bonds is 3. The number of carbonyl (C=O) groups excluding carboxylic acids is 1. The Bertz CT molecular complexity index is 391. The van der Waals surface area contributed by atoms with Crippen LogP contribution in [-0.2, 0) is 19.3 Å². The van der Waals surface area contributed by atoms with E-state index >= 15 is 0 Å². The summed E-state index contributed by atoms with van der Waals surface area (Å²) >= 11 is 0. The average molecular weight is 238 g/mol. The van der Waals surface area contributed by atoms with Crippen molar-refractivity contribution in [2.45, 2.75) is 25.2 Å². The summed E-state index contributed by atoms with van der Waals surface area (Å²) in [4.78, 5) is 21.1. The number of esters is 1. The molecule has 2 rings (SSSR count). The minimum absolute atomic E-state index is 0.0237. The molecule has 1 aromatic carbocycles. The summed E-state index contributed by atoms with van der Waals surface area (Å²) in [6.07, 6.45) is -0.443. The van der Waals surface area contributed by atoms with Crippen molar-refractivity contribution in [3.63, 3.8) is 0 Å². The van der Waals surface area contributed by atoms with Gasteiger partial charge in [-0.15, -0.1) is 0 Å². The van der Waals surface area contributed by atoms with E-state index in [1.165, 1.54) is 0 Å². The van der Waals surface area contributed by atoms with Gasteiger partial charge in [-0.1, -0.05) is 30.3 Å². The molecule has 1 N–H and O–H groups in total. The van der Waals surface area contributed by atoms with Crippen molar-refractivity contribution in [2.24, 2.45) is 0 Å². The fourth-order valence-corrected chi connectivity index (χ4v) is 1.66. The average Bonchev–Trinajstić information content (AvgIpc) is 2.75. The highest BCUT2D eigenvalue weighted by atomic mass is 17.2. The van der Waals surface area contributed by atoms with Crippen molar-refractivity contribution >= 4 is 5.97 Å². The minimum Gasteiger partial charge on any atom is -0.462 e. The molecule has 0 aliphatic carbocycles. The molecular formula is C12H14O5. The Morgan fingerprint density at radius 1 is 1.53 bits per heavy atom. The van der Waals surface area contributed by atoms with Gasteiger partial charge < -0.3 is 9.84 Å². The van der Waals surface area contributed by atoms with Crippen LogP contribution in [0.3, 0.4) is 0 Å². The van der Waals surface area contributed by atoms with Crippen LogP contribution >= 0.6 is 0 Å². The fourth-order valence-electron chi connectivity index (χ4n) is 1.66. The molecule has 92 valence electrons. The minimum atomic E-state index is -2.00. The van der Waals surface area contributed by atoms with Crippen LogP contribution in [0, 0.1) is 0 Å². The Labute approximate surface area is 98.8 Å². The summed E-state index contributed by atoms with van der Waals surface area (Å²) in [6, 6.07) is 9.24. The van der Waals surface area contributed by atoms with E-state index < -0.39 is 17.9 Å². The maximum Gasteiger partial charge on any atom is 0.369 e. The van der Waals surface area contributed by atoms with Crippen LogP contribution in [0.15, 0.2) is 30.3 Å². The highest BCUT2D eigenvalue weighted by Gasteiger charge is 2.49. The summed E-state index contributed by atoms with van der Waals surface area (Å²) in [6.45, 7) is 1.84. The van der Waals surface area contributed by atoms with Crippen LogP contribution in [0.25, 0.3) is 0 Å². The molecule has 1 aliphatic rings. The van der Waals surface area contributed by atoms with Crippen molar-refractivity contribution in [3.05, 3.63) is 35.9 Å². The predicted octanol–water partition coefficient (Wildman–Crippen LogP) is 1.33. The molecule has 1 aliphatic heterocycles. The Hall–Kier alpha value is -1.43. The Balaban J connectivity index is 2.07. The maximum absolute atomic E-state index is 11.5. The molecule has 0 bridgehead atoms. The Kier molecular flexibility index (Phi) is 3.42. The van der Waals surface area contributed by atoms with E-state index in [1.807, 2.05) is 30.3 Å². The zero-order valence-electron chi connectivity index (χ0n) is 9.46. The lowest BCUT2D eigenvalue weighted by atomic mass is 10.0. The summed E-state index contributed by atoms with van der Waals surface area (Å²) in [5, 5.41) is 9.90. The molecule has 17 heavy (non-hydrogen) atoms. The van der Waals surface area contributed by atoms with Gasteiger partial charge in [0.15, 0.2) is 0 Å². The monoisotopic (exact) mass is 238 g/mol. The lowest BCUT2D eigenvalue weighted by Crippen LogP contribution is -2.39. The normalized spacial score (nSPS) is 28.0. The summed E-state index contributed by atoms with van der Waals surface area (Å²) in [7, 11) is 0. The third-order valence-electron chi connectivity index (χ3n) is 2.53. The smallest absolute Gasteiger partial charge is 0.369 e. The number of hydrogen-bond donors (Lipinski definition) is 1. The first-order valence-electron chi connectivity index (χ1n) is 5.45. The molecule has 0 amide bonds. The molecule has 1 heterocycles. The van der Waals surface area contributed by atoms with Gasteiger partial charge in [-0.25, -0.2) is 9.68 Å². The van der Waals surface area contributed by atoms with E-state index in [1.54, 1.807) is 6.92 Å². The van der Waals surface area contributed by atoms with Crippen LogP contribution in [-0.4, -0.2) is 23.5 Å². The molecule has 0 spiro atoms. The third kappa shape index (κ3) is 2.46. The zero-order chi connectivity index (χ0) is 12.3. The van der Waals surface area contributed by atoms with E-state index in [4.69, 9.17) is 14.5 Å². The van der Waals surface area contributed by atoms with Crippen LogP contribution in [0.5, 0.6) is 0 Å². The second-order valence-electron chi connectivity index (χ2n) is 3.79. The van der Waals surface area contributed by atoms with E-state index in [2.05, 4.69) is 0 Å². The van der Waals surface area contributed by atoms with E-state index in [0.717, 1.165) is 5.56 Å². The first kappa shape index (κ1) is 12.0. The molecule has 1 fully saturated rings. The van der Waals surface area contributed by atoms with Gasteiger partial charge in [-0.05, 0) is 12.5 Å². The number of carbonyl (C=O) groups is 1. The van der Waals surface area contributed by atoms with Crippen LogP contribution in [0.1, 0.15) is 25.0 Å². The van der Waals surface area contributed by atoms with Gasteiger partial charge in [0, 0.05) is 6.42 Å². The molecule has 0 saturated carbocycles. The number of aliphatic hydroxyl groups is 1. The number of benzene rings is 1. The topological polar surface area (TPSA) is 65.0 Å². The molecule has 5 nitrogen and oxygen atoms in total. The lowest BCUT2D eigenvalue weighted by Gasteiger charge is -2.15. The first-order valence-corrected chi connectivity index (χ1v) is 5.45.